The van der Waals surface area contributed by atoms with Crippen LogP contribution in [-0.2, 0) is 6.42 Å². The molecule has 0 atom stereocenters. The third-order valence-corrected chi connectivity index (χ3v) is 4.67. The van der Waals surface area contributed by atoms with Crippen LogP contribution >= 0.6 is 15.9 Å². The van der Waals surface area contributed by atoms with Crippen molar-refractivity contribution in [2.45, 2.75) is 6.42 Å². The van der Waals surface area contributed by atoms with Gasteiger partial charge in [0.05, 0.1) is 0 Å². The molecule has 0 radical (unpaired) electrons. The SMILES string of the molecule is O=C(N1CCc2ccccc21)n1nnn(-c2c(F)cccc2Br)c1=O. The maximum atomic E-state index is 14.1. The first-order valence-corrected chi connectivity index (χ1v) is 8.26. The molecule has 9 heteroatoms. The number of nitrogens with zero attached hydrogens (tertiary/aromatic N) is 5. The fourth-order valence-electron chi connectivity index (χ4n) is 2.85. The second kappa shape index (κ2) is 5.92. The van der Waals surface area contributed by atoms with E-state index in [1.54, 1.807) is 6.07 Å². The molecule has 7 nitrogen and oxygen atoms in total. The number of amides is 1. The van der Waals surface area contributed by atoms with Crippen molar-refractivity contribution >= 4 is 27.6 Å². The van der Waals surface area contributed by atoms with E-state index in [-0.39, 0.29) is 5.69 Å². The Labute approximate surface area is 149 Å². The Morgan fingerprint density at radius 3 is 2.72 bits per heavy atom. The minimum absolute atomic E-state index is 0.0895. The highest BCUT2D eigenvalue weighted by molar-refractivity contribution is 9.10. The van der Waals surface area contributed by atoms with Gasteiger partial charge in [0, 0.05) is 16.7 Å². The van der Waals surface area contributed by atoms with Crippen molar-refractivity contribution in [3.8, 4) is 5.69 Å². The molecule has 1 amide bonds. The molecule has 25 heavy (non-hydrogen) atoms. The van der Waals surface area contributed by atoms with E-state index in [1.165, 1.54) is 17.0 Å². The van der Waals surface area contributed by atoms with E-state index in [0.29, 0.717) is 22.1 Å². The van der Waals surface area contributed by atoms with Gasteiger partial charge in [0.2, 0.25) is 0 Å². The first kappa shape index (κ1) is 15.7. The van der Waals surface area contributed by atoms with Gasteiger partial charge in [-0.05, 0) is 56.5 Å². The van der Waals surface area contributed by atoms with Crippen molar-refractivity contribution < 1.29 is 9.18 Å². The lowest BCUT2D eigenvalue weighted by atomic mass is 10.2. The van der Waals surface area contributed by atoms with Gasteiger partial charge in [0.1, 0.15) is 11.5 Å². The highest BCUT2D eigenvalue weighted by atomic mass is 79.9. The third-order valence-electron chi connectivity index (χ3n) is 4.03. The predicted octanol–water partition coefficient (Wildman–Crippen LogP) is 2.36. The van der Waals surface area contributed by atoms with Gasteiger partial charge in [0.25, 0.3) is 0 Å². The summed E-state index contributed by atoms with van der Waals surface area (Å²) in [5.74, 6) is -0.650. The van der Waals surface area contributed by atoms with Crippen LogP contribution in [0.4, 0.5) is 14.9 Å². The minimum atomic E-state index is -0.833. The average Bonchev–Trinajstić information content (AvgIpc) is 3.19. The second-order valence-corrected chi connectivity index (χ2v) is 6.32. The van der Waals surface area contributed by atoms with Gasteiger partial charge in [-0.3, -0.25) is 4.90 Å². The van der Waals surface area contributed by atoms with E-state index in [1.807, 2.05) is 24.3 Å². The maximum absolute atomic E-state index is 14.1. The molecule has 126 valence electrons. The fraction of sp³-hybridized carbons (Fsp3) is 0.125. The number of halogens is 2. The summed E-state index contributed by atoms with van der Waals surface area (Å²) in [5.41, 5.74) is 0.836. The smallest absolute Gasteiger partial charge is 0.292 e. The van der Waals surface area contributed by atoms with Gasteiger partial charge in [-0.25, -0.2) is 14.0 Å². The van der Waals surface area contributed by atoms with Crippen molar-refractivity contribution in [3.63, 3.8) is 0 Å². The van der Waals surface area contributed by atoms with Crippen molar-refractivity contribution in [1.82, 2.24) is 19.8 Å². The van der Waals surface area contributed by atoms with E-state index in [4.69, 9.17) is 0 Å². The molecule has 0 unspecified atom stereocenters. The number of benzene rings is 2. The zero-order valence-corrected chi connectivity index (χ0v) is 14.4. The first-order valence-electron chi connectivity index (χ1n) is 7.47. The van der Waals surface area contributed by atoms with E-state index >= 15 is 0 Å². The minimum Gasteiger partial charge on any atom is -0.292 e. The van der Waals surface area contributed by atoms with Crippen LogP contribution in [0.3, 0.4) is 0 Å². The molecule has 0 bridgehead atoms. The van der Waals surface area contributed by atoms with Gasteiger partial charge in [-0.1, -0.05) is 24.3 Å². The van der Waals surface area contributed by atoms with Gasteiger partial charge < -0.3 is 0 Å². The molecule has 3 aromatic rings. The predicted molar refractivity (Wildman–Crippen MR) is 91.6 cm³/mol. The Morgan fingerprint density at radius 1 is 1.12 bits per heavy atom. The lowest BCUT2D eigenvalue weighted by molar-refractivity contribution is 0.244. The van der Waals surface area contributed by atoms with Gasteiger partial charge in [-0.15, -0.1) is 4.68 Å². The Bertz CT molecular complexity index is 1020. The fourth-order valence-corrected chi connectivity index (χ4v) is 3.36. The van der Waals surface area contributed by atoms with Crippen molar-refractivity contribution in [2.75, 3.05) is 11.4 Å². The van der Waals surface area contributed by atoms with E-state index in [0.717, 1.165) is 15.9 Å². The third kappa shape index (κ3) is 2.47. The molecular formula is C16H11BrFN5O2. The Kier molecular flexibility index (Phi) is 3.72. The van der Waals surface area contributed by atoms with Crippen LogP contribution in [0.1, 0.15) is 5.56 Å². The van der Waals surface area contributed by atoms with Crippen LogP contribution in [0, 0.1) is 5.82 Å². The molecule has 1 aliphatic rings. The Morgan fingerprint density at radius 2 is 1.92 bits per heavy atom. The quantitative estimate of drug-likeness (QED) is 0.584. The number of anilines is 1. The average molecular weight is 404 g/mol. The summed E-state index contributed by atoms with van der Waals surface area (Å²) in [4.78, 5) is 26.7. The number of para-hydroxylation sites is 2. The number of carbonyl (C=O) groups is 1. The van der Waals surface area contributed by atoms with Crippen LogP contribution in [0.5, 0.6) is 0 Å². The molecule has 2 aromatic carbocycles. The topological polar surface area (TPSA) is 73.0 Å². The lowest BCUT2D eigenvalue weighted by Crippen LogP contribution is -2.40. The largest absolute Gasteiger partial charge is 0.377 e. The zero-order valence-electron chi connectivity index (χ0n) is 12.8. The second-order valence-electron chi connectivity index (χ2n) is 5.47. The zero-order chi connectivity index (χ0) is 17.6. The molecule has 0 fully saturated rings. The van der Waals surface area contributed by atoms with Crippen LogP contribution in [0.2, 0.25) is 0 Å². The summed E-state index contributed by atoms with van der Waals surface area (Å²) in [6.45, 7) is 0.445. The van der Waals surface area contributed by atoms with Gasteiger partial charge >= 0.3 is 11.7 Å². The lowest BCUT2D eigenvalue weighted by Gasteiger charge is -2.15. The van der Waals surface area contributed by atoms with Crippen molar-refractivity contribution in [3.05, 3.63) is 68.8 Å². The number of fused-ring (bicyclic) bond motifs is 1. The number of carbonyl (C=O) groups excluding carboxylic acids is 1. The van der Waals surface area contributed by atoms with Crippen molar-refractivity contribution in [2.24, 2.45) is 0 Å². The summed E-state index contributed by atoms with van der Waals surface area (Å²) in [5, 5.41) is 7.29. The summed E-state index contributed by atoms with van der Waals surface area (Å²) < 4.78 is 15.8. The molecule has 0 aliphatic carbocycles. The maximum Gasteiger partial charge on any atom is 0.377 e. The van der Waals surface area contributed by atoms with E-state index in [9.17, 15) is 14.0 Å². The molecule has 4 rings (SSSR count). The molecule has 0 spiro atoms. The van der Waals surface area contributed by atoms with E-state index < -0.39 is 17.5 Å². The van der Waals surface area contributed by atoms with Gasteiger partial charge in [-0.2, -0.15) is 4.68 Å². The number of tetrazole rings is 1. The van der Waals surface area contributed by atoms with Crippen LogP contribution < -0.4 is 10.6 Å². The van der Waals surface area contributed by atoms with Crippen LogP contribution in [-0.4, -0.2) is 32.4 Å². The highest BCUT2D eigenvalue weighted by Crippen LogP contribution is 2.27. The molecule has 0 saturated heterocycles. The first-order chi connectivity index (χ1) is 12.1. The molecule has 1 aliphatic heterocycles. The summed E-state index contributed by atoms with van der Waals surface area (Å²) in [7, 11) is 0. The van der Waals surface area contributed by atoms with Gasteiger partial charge in [0.15, 0.2) is 0 Å². The summed E-state index contributed by atoms with van der Waals surface area (Å²) in [6.07, 6.45) is 0.698. The number of hydrogen-bond acceptors (Lipinski definition) is 4. The van der Waals surface area contributed by atoms with E-state index in [2.05, 4.69) is 26.4 Å². The number of rotatable bonds is 1. The molecule has 1 aromatic heterocycles. The molecule has 0 saturated carbocycles. The normalized spacial score (nSPS) is 13.1. The van der Waals surface area contributed by atoms with Crippen LogP contribution in [0.25, 0.3) is 5.69 Å². The Hall–Kier alpha value is -2.81. The standard InChI is InChI=1S/C16H11BrFN5O2/c17-11-5-3-6-12(18)14(11)22-16(25)23(20-19-22)15(24)21-9-8-10-4-1-2-7-13(10)21/h1-7H,8-9H2. The summed E-state index contributed by atoms with van der Waals surface area (Å²) in [6, 6.07) is 11.1. The highest BCUT2D eigenvalue weighted by Gasteiger charge is 2.28. The monoisotopic (exact) mass is 403 g/mol. The molecule has 2 heterocycles. The Balaban J connectivity index is 1.76. The van der Waals surface area contributed by atoms with Crippen LogP contribution in [0.15, 0.2) is 51.7 Å². The summed E-state index contributed by atoms with van der Waals surface area (Å²) >= 11 is 3.18. The number of aromatic nitrogens is 4. The van der Waals surface area contributed by atoms with Crippen molar-refractivity contribution in [1.29, 1.82) is 0 Å². The molecular weight excluding hydrogens is 393 g/mol. The molecule has 0 N–H and O–H groups in total. The number of hydrogen-bond donors (Lipinski definition) is 0.